The molecule has 0 atom stereocenters. The van der Waals surface area contributed by atoms with Crippen LogP contribution in [-0.4, -0.2) is 22.3 Å². The van der Waals surface area contributed by atoms with Gasteiger partial charge in [-0.15, -0.1) is 11.3 Å². The van der Waals surface area contributed by atoms with E-state index in [4.69, 9.17) is 11.6 Å². The highest BCUT2D eigenvalue weighted by atomic mass is 35.5. The van der Waals surface area contributed by atoms with Crippen molar-refractivity contribution >= 4 is 28.8 Å². The van der Waals surface area contributed by atoms with Gasteiger partial charge in [-0.1, -0.05) is 24.4 Å². The highest BCUT2D eigenvalue weighted by Crippen LogP contribution is 2.21. The van der Waals surface area contributed by atoms with Crippen LogP contribution in [-0.2, 0) is 11.3 Å². The van der Waals surface area contributed by atoms with E-state index in [1.807, 2.05) is 4.90 Å². The van der Waals surface area contributed by atoms with E-state index in [2.05, 4.69) is 4.98 Å². The lowest BCUT2D eigenvalue weighted by molar-refractivity contribution is -0.132. The zero-order valence-electron chi connectivity index (χ0n) is 9.12. The van der Waals surface area contributed by atoms with Gasteiger partial charge < -0.3 is 4.90 Å². The Bertz CT molecular complexity index is 367. The Morgan fingerprint density at radius 1 is 1.38 bits per heavy atom. The number of nitrogens with zero attached hydrogens (tertiary/aromatic N) is 2. The van der Waals surface area contributed by atoms with Crippen LogP contribution in [0.15, 0.2) is 6.20 Å². The number of likely N-dealkylation sites (tertiary alicyclic amines) is 1. The van der Waals surface area contributed by atoms with Gasteiger partial charge in [-0.3, -0.25) is 4.79 Å². The van der Waals surface area contributed by atoms with Crippen LogP contribution in [0.1, 0.15) is 37.0 Å². The summed E-state index contributed by atoms with van der Waals surface area (Å²) < 4.78 is 0.550. The minimum atomic E-state index is 0.268. The predicted molar refractivity (Wildman–Crippen MR) is 65.6 cm³/mol. The Morgan fingerprint density at radius 2 is 2.19 bits per heavy atom. The van der Waals surface area contributed by atoms with E-state index in [0.29, 0.717) is 17.4 Å². The molecular formula is C11H15ClN2OS. The van der Waals surface area contributed by atoms with Crippen molar-refractivity contribution in [2.24, 2.45) is 0 Å². The molecule has 2 rings (SSSR count). The number of halogens is 1. The average Bonchev–Trinajstić information content (AvgIpc) is 2.64. The SMILES string of the molecule is O=C1CCCCCCN1Cc1cnc(Cl)s1. The Morgan fingerprint density at radius 3 is 2.94 bits per heavy atom. The number of amides is 1. The van der Waals surface area contributed by atoms with Gasteiger partial charge in [0.05, 0.1) is 6.54 Å². The normalized spacial score (nSPS) is 18.3. The number of carbonyl (C=O) groups excluding carboxylic acids is 1. The second-order valence-corrected chi connectivity index (χ2v) is 5.76. The maximum Gasteiger partial charge on any atom is 0.222 e. The predicted octanol–water partition coefficient (Wildman–Crippen LogP) is 3.09. The lowest BCUT2D eigenvalue weighted by Gasteiger charge is -2.24. The zero-order chi connectivity index (χ0) is 11.4. The summed E-state index contributed by atoms with van der Waals surface area (Å²) in [6, 6.07) is 0. The maximum atomic E-state index is 11.9. The Kier molecular flexibility index (Phi) is 4.18. The van der Waals surface area contributed by atoms with Crippen LogP contribution >= 0.6 is 22.9 Å². The summed E-state index contributed by atoms with van der Waals surface area (Å²) in [7, 11) is 0. The quantitative estimate of drug-likeness (QED) is 0.817. The van der Waals surface area contributed by atoms with Gasteiger partial charge in [0.1, 0.15) is 0 Å². The summed E-state index contributed by atoms with van der Waals surface area (Å²) in [5.74, 6) is 0.268. The Balaban J connectivity index is 1.97. The van der Waals surface area contributed by atoms with Crippen molar-refractivity contribution in [3.8, 4) is 0 Å². The molecule has 1 aliphatic heterocycles. The first-order valence-electron chi connectivity index (χ1n) is 5.64. The van der Waals surface area contributed by atoms with Crippen molar-refractivity contribution in [2.75, 3.05) is 6.54 Å². The van der Waals surface area contributed by atoms with E-state index in [-0.39, 0.29) is 5.91 Å². The van der Waals surface area contributed by atoms with Gasteiger partial charge in [0, 0.05) is 24.0 Å². The standard InChI is InChI=1S/C11H15ClN2OS/c12-11-13-7-9(16-11)8-14-6-4-2-1-3-5-10(14)15/h7H,1-6,8H2. The van der Waals surface area contributed by atoms with Crippen molar-refractivity contribution < 1.29 is 4.79 Å². The second kappa shape index (κ2) is 5.64. The summed E-state index contributed by atoms with van der Waals surface area (Å²) in [6.07, 6.45) is 7.00. The molecule has 0 saturated carbocycles. The molecule has 1 fully saturated rings. The van der Waals surface area contributed by atoms with Crippen molar-refractivity contribution in [3.63, 3.8) is 0 Å². The fraction of sp³-hybridized carbons (Fsp3) is 0.636. The van der Waals surface area contributed by atoms with Gasteiger partial charge in [0.2, 0.25) is 5.91 Å². The number of rotatable bonds is 2. The lowest BCUT2D eigenvalue weighted by atomic mass is 10.1. The average molecular weight is 259 g/mol. The molecule has 88 valence electrons. The first kappa shape index (κ1) is 11.9. The van der Waals surface area contributed by atoms with E-state index < -0.39 is 0 Å². The summed E-state index contributed by atoms with van der Waals surface area (Å²) in [5.41, 5.74) is 0. The van der Waals surface area contributed by atoms with Gasteiger partial charge in [-0.25, -0.2) is 4.98 Å². The molecule has 0 unspecified atom stereocenters. The first-order valence-corrected chi connectivity index (χ1v) is 6.83. The van der Waals surface area contributed by atoms with Gasteiger partial charge in [0.25, 0.3) is 0 Å². The summed E-state index contributed by atoms with van der Waals surface area (Å²) in [5, 5.41) is 0. The monoisotopic (exact) mass is 258 g/mol. The van der Waals surface area contributed by atoms with Crippen LogP contribution in [0, 0.1) is 0 Å². The topological polar surface area (TPSA) is 33.2 Å². The van der Waals surface area contributed by atoms with Crippen LogP contribution in [0.2, 0.25) is 4.47 Å². The third-order valence-corrected chi connectivity index (χ3v) is 3.89. The van der Waals surface area contributed by atoms with Gasteiger partial charge in [-0.05, 0) is 12.8 Å². The smallest absolute Gasteiger partial charge is 0.222 e. The van der Waals surface area contributed by atoms with E-state index in [0.717, 1.165) is 24.3 Å². The molecule has 0 aromatic carbocycles. The molecule has 2 heterocycles. The van der Waals surface area contributed by atoms with Crippen LogP contribution in [0.4, 0.5) is 0 Å². The first-order chi connectivity index (χ1) is 7.75. The molecule has 1 aliphatic rings. The molecular weight excluding hydrogens is 244 g/mol. The number of thiazole rings is 1. The van der Waals surface area contributed by atoms with Crippen LogP contribution in [0.3, 0.4) is 0 Å². The molecule has 3 nitrogen and oxygen atoms in total. The summed E-state index contributed by atoms with van der Waals surface area (Å²) in [6.45, 7) is 1.54. The minimum Gasteiger partial charge on any atom is -0.337 e. The van der Waals surface area contributed by atoms with Crippen LogP contribution in [0.25, 0.3) is 0 Å². The second-order valence-electron chi connectivity index (χ2n) is 4.06. The van der Waals surface area contributed by atoms with Crippen LogP contribution in [0.5, 0.6) is 0 Å². The van der Waals surface area contributed by atoms with Crippen molar-refractivity contribution in [1.82, 2.24) is 9.88 Å². The fourth-order valence-corrected chi connectivity index (χ4v) is 2.92. The largest absolute Gasteiger partial charge is 0.337 e. The summed E-state index contributed by atoms with van der Waals surface area (Å²) in [4.78, 5) is 18.9. The molecule has 1 aromatic rings. The highest BCUT2D eigenvalue weighted by molar-refractivity contribution is 7.15. The van der Waals surface area contributed by atoms with E-state index in [1.54, 1.807) is 6.20 Å². The van der Waals surface area contributed by atoms with E-state index in [1.165, 1.54) is 24.2 Å². The Labute approximate surface area is 104 Å². The fourth-order valence-electron chi connectivity index (χ4n) is 1.93. The van der Waals surface area contributed by atoms with E-state index >= 15 is 0 Å². The third-order valence-electron chi connectivity index (χ3n) is 2.79. The minimum absolute atomic E-state index is 0.268. The van der Waals surface area contributed by atoms with Crippen molar-refractivity contribution in [1.29, 1.82) is 0 Å². The molecule has 0 bridgehead atoms. The number of aromatic nitrogens is 1. The Hall–Kier alpha value is -0.610. The van der Waals surface area contributed by atoms with Crippen molar-refractivity contribution in [3.05, 3.63) is 15.5 Å². The molecule has 0 radical (unpaired) electrons. The lowest BCUT2D eigenvalue weighted by Crippen LogP contribution is -2.32. The van der Waals surface area contributed by atoms with Gasteiger partial charge in [-0.2, -0.15) is 0 Å². The highest BCUT2D eigenvalue weighted by Gasteiger charge is 2.16. The molecule has 0 aliphatic carbocycles. The molecule has 5 heteroatoms. The van der Waals surface area contributed by atoms with Gasteiger partial charge in [0.15, 0.2) is 4.47 Å². The maximum absolute atomic E-state index is 11.9. The number of carbonyl (C=O) groups is 1. The van der Waals surface area contributed by atoms with E-state index in [9.17, 15) is 4.79 Å². The number of hydrogen-bond donors (Lipinski definition) is 0. The molecule has 0 spiro atoms. The van der Waals surface area contributed by atoms with Gasteiger partial charge >= 0.3 is 0 Å². The molecule has 16 heavy (non-hydrogen) atoms. The van der Waals surface area contributed by atoms with Crippen molar-refractivity contribution in [2.45, 2.75) is 38.6 Å². The third kappa shape index (κ3) is 3.19. The zero-order valence-corrected chi connectivity index (χ0v) is 10.7. The summed E-state index contributed by atoms with van der Waals surface area (Å²) >= 11 is 7.23. The number of hydrogen-bond acceptors (Lipinski definition) is 3. The van der Waals surface area contributed by atoms with Crippen LogP contribution < -0.4 is 0 Å². The molecule has 1 aromatic heterocycles. The molecule has 1 amide bonds. The molecule has 0 N–H and O–H groups in total. The molecule has 1 saturated heterocycles.